The maximum Gasteiger partial charge on any atom is 0.123 e. The lowest BCUT2D eigenvalue weighted by molar-refractivity contribution is 0.0694. The highest BCUT2D eigenvalue weighted by Crippen LogP contribution is 2.16. The number of rotatable bonds is 3. The Morgan fingerprint density at radius 1 is 1.21 bits per heavy atom. The highest BCUT2D eigenvalue weighted by molar-refractivity contribution is 5.26. The quantitative estimate of drug-likeness (QED) is 0.885. The van der Waals surface area contributed by atoms with Gasteiger partial charge in [-0.1, -0.05) is 6.07 Å². The molecule has 1 aromatic carbocycles. The molecule has 0 bridgehead atoms. The normalized spacial score (nSPS) is 22.4. The summed E-state index contributed by atoms with van der Waals surface area (Å²) in [5, 5.41) is 3.33. The molecule has 0 saturated carbocycles. The number of piperazine rings is 1. The zero-order valence-electron chi connectivity index (χ0n) is 11.5. The third kappa shape index (κ3) is 2.96. The van der Waals surface area contributed by atoms with Crippen molar-refractivity contribution in [2.45, 2.75) is 19.5 Å². The summed E-state index contributed by atoms with van der Waals surface area (Å²) in [5.41, 5.74) is 2.31. The van der Waals surface area contributed by atoms with Gasteiger partial charge in [-0.05, 0) is 30.2 Å². The van der Waals surface area contributed by atoms with Crippen LogP contribution in [0.25, 0.3) is 0 Å². The molecule has 0 unspecified atom stereocenters. The molecule has 0 aliphatic carbocycles. The van der Waals surface area contributed by atoms with Crippen LogP contribution in [-0.4, -0.2) is 55.1 Å². The SMILES string of the molecule is Cc1ccc(F)cc1CN1CCN(C2CNC2)CC1. The Balaban J connectivity index is 1.55. The highest BCUT2D eigenvalue weighted by atomic mass is 19.1. The zero-order chi connectivity index (χ0) is 13.2. The van der Waals surface area contributed by atoms with Gasteiger partial charge in [0.15, 0.2) is 0 Å². The first-order chi connectivity index (χ1) is 9.22. The first kappa shape index (κ1) is 13.0. The predicted octanol–water partition coefficient (Wildman–Crippen LogP) is 1.22. The minimum Gasteiger partial charge on any atom is -0.314 e. The van der Waals surface area contributed by atoms with Gasteiger partial charge in [0.2, 0.25) is 0 Å². The monoisotopic (exact) mass is 263 g/mol. The molecule has 1 aromatic rings. The van der Waals surface area contributed by atoms with E-state index in [9.17, 15) is 4.39 Å². The number of nitrogens with one attached hydrogen (secondary N) is 1. The second kappa shape index (κ2) is 5.57. The van der Waals surface area contributed by atoms with Gasteiger partial charge in [-0.3, -0.25) is 9.80 Å². The smallest absolute Gasteiger partial charge is 0.123 e. The summed E-state index contributed by atoms with van der Waals surface area (Å²) in [7, 11) is 0. The van der Waals surface area contributed by atoms with Gasteiger partial charge in [-0.25, -0.2) is 4.39 Å². The van der Waals surface area contributed by atoms with Crippen LogP contribution in [0.3, 0.4) is 0 Å². The van der Waals surface area contributed by atoms with Crippen molar-refractivity contribution in [2.24, 2.45) is 0 Å². The van der Waals surface area contributed by atoms with Crippen LogP contribution < -0.4 is 5.32 Å². The molecule has 0 spiro atoms. The molecule has 19 heavy (non-hydrogen) atoms. The van der Waals surface area contributed by atoms with E-state index in [2.05, 4.69) is 22.0 Å². The van der Waals surface area contributed by atoms with Crippen LogP contribution >= 0.6 is 0 Å². The molecule has 3 rings (SSSR count). The molecule has 0 amide bonds. The van der Waals surface area contributed by atoms with E-state index in [1.807, 2.05) is 6.07 Å². The second-order valence-corrected chi connectivity index (χ2v) is 5.69. The van der Waals surface area contributed by atoms with Gasteiger partial charge < -0.3 is 5.32 Å². The summed E-state index contributed by atoms with van der Waals surface area (Å²) < 4.78 is 13.3. The van der Waals surface area contributed by atoms with E-state index in [0.717, 1.165) is 57.4 Å². The van der Waals surface area contributed by atoms with E-state index in [-0.39, 0.29) is 5.82 Å². The van der Waals surface area contributed by atoms with Crippen LogP contribution in [0.2, 0.25) is 0 Å². The third-order valence-corrected chi connectivity index (χ3v) is 4.39. The van der Waals surface area contributed by atoms with E-state index in [0.29, 0.717) is 0 Å². The molecule has 2 fully saturated rings. The Hall–Kier alpha value is -0.970. The van der Waals surface area contributed by atoms with Crippen molar-refractivity contribution in [3.63, 3.8) is 0 Å². The Kier molecular flexibility index (Phi) is 3.82. The Morgan fingerprint density at radius 3 is 2.58 bits per heavy atom. The molecule has 0 radical (unpaired) electrons. The summed E-state index contributed by atoms with van der Waals surface area (Å²) in [4.78, 5) is 5.01. The Morgan fingerprint density at radius 2 is 1.95 bits per heavy atom. The van der Waals surface area contributed by atoms with Crippen LogP contribution in [0.5, 0.6) is 0 Å². The fourth-order valence-electron chi connectivity index (χ4n) is 2.87. The summed E-state index contributed by atoms with van der Waals surface area (Å²) in [6.07, 6.45) is 0. The molecule has 2 heterocycles. The van der Waals surface area contributed by atoms with Gasteiger partial charge in [0.1, 0.15) is 5.82 Å². The molecule has 1 N–H and O–H groups in total. The van der Waals surface area contributed by atoms with Gasteiger partial charge in [0, 0.05) is 51.9 Å². The zero-order valence-corrected chi connectivity index (χ0v) is 11.5. The van der Waals surface area contributed by atoms with Crippen molar-refractivity contribution in [1.82, 2.24) is 15.1 Å². The van der Waals surface area contributed by atoms with Crippen molar-refractivity contribution < 1.29 is 4.39 Å². The standard InChI is InChI=1S/C15H22FN3/c1-12-2-3-14(16)8-13(12)11-18-4-6-19(7-5-18)15-9-17-10-15/h2-3,8,15,17H,4-7,9-11H2,1H3. The van der Waals surface area contributed by atoms with Crippen molar-refractivity contribution >= 4 is 0 Å². The fourth-order valence-corrected chi connectivity index (χ4v) is 2.87. The van der Waals surface area contributed by atoms with Crippen LogP contribution in [0.15, 0.2) is 18.2 Å². The molecule has 4 heteroatoms. The van der Waals surface area contributed by atoms with E-state index in [1.54, 1.807) is 12.1 Å². The number of hydrogen-bond acceptors (Lipinski definition) is 3. The third-order valence-electron chi connectivity index (χ3n) is 4.39. The van der Waals surface area contributed by atoms with Crippen molar-refractivity contribution in [3.05, 3.63) is 35.1 Å². The molecule has 2 aliphatic heterocycles. The maximum atomic E-state index is 13.3. The van der Waals surface area contributed by atoms with E-state index < -0.39 is 0 Å². The maximum absolute atomic E-state index is 13.3. The number of aryl methyl sites for hydroxylation is 1. The first-order valence-corrected chi connectivity index (χ1v) is 7.14. The second-order valence-electron chi connectivity index (χ2n) is 5.69. The van der Waals surface area contributed by atoms with Gasteiger partial charge in [-0.2, -0.15) is 0 Å². The molecule has 104 valence electrons. The van der Waals surface area contributed by atoms with Crippen molar-refractivity contribution in [2.75, 3.05) is 39.3 Å². The van der Waals surface area contributed by atoms with Gasteiger partial charge in [0.25, 0.3) is 0 Å². The average molecular weight is 263 g/mol. The number of halogens is 1. The highest BCUT2D eigenvalue weighted by Gasteiger charge is 2.27. The Labute approximate surface area is 114 Å². The lowest BCUT2D eigenvalue weighted by Gasteiger charge is -2.43. The Bertz CT molecular complexity index is 437. The van der Waals surface area contributed by atoms with E-state index in [4.69, 9.17) is 0 Å². The van der Waals surface area contributed by atoms with Crippen LogP contribution in [-0.2, 0) is 6.54 Å². The number of nitrogens with zero attached hydrogens (tertiary/aromatic N) is 2. The molecule has 0 aromatic heterocycles. The summed E-state index contributed by atoms with van der Waals surface area (Å²) in [5.74, 6) is -0.125. The van der Waals surface area contributed by atoms with Gasteiger partial charge in [-0.15, -0.1) is 0 Å². The molecule has 3 nitrogen and oxygen atoms in total. The first-order valence-electron chi connectivity index (χ1n) is 7.14. The predicted molar refractivity (Wildman–Crippen MR) is 74.6 cm³/mol. The van der Waals surface area contributed by atoms with Crippen LogP contribution in [0.4, 0.5) is 4.39 Å². The molecular weight excluding hydrogens is 241 g/mol. The molecule has 0 atom stereocenters. The minimum atomic E-state index is -0.125. The lowest BCUT2D eigenvalue weighted by Crippen LogP contribution is -2.61. The largest absolute Gasteiger partial charge is 0.314 e. The topological polar surface area (TPSA) is 18.5 Å². The van der Waals surface area contributed by atoms with Gasteiger partial charge in [0.05, 0.1) is 0 Å². The molecule has 2 aliphatic rings. The van der Waals surface area contributed by atoms with Crippen LogP contribution in [0, 0.1) is 12.7 Å². The van der Waals surface area contributed by atoms with Gasteiger partial charge >= 0.3 is 0 Å². The van der Waals surface area contributed by atoms with E-state index in [1.165, 1.54) is 5.56 Å². The number of hydrogen-bond donors (Lipinski definition) is 1. The molecule has 2 saturated heterocycles. The summed E-state index contributed by atoms with van der Waals surface area (Å²) >= 11 is 0. The number of benzene rings is 1. The lowest BCUT2D eigenvalue weighted by atomic mass is 10.1. The average Bonchev–Trinajstić information content (AvgIpc) is 2.34. The van der Waals surface area contributed by atoms with E-state index >= 15 is 0 Å². The van der Waals surface area contributed by atoms with Crippen molar-refractivity contribution in [3.8, 4) is 0 Å². The summed E-state index contributed by atoms with van der Waals surface area (Å²) in [6.45, 7) is 9.68. The van der Waals surface area contributed by atoms with Crippen LogP contribution in [0.1, 0.15) is 11.1 Å². The minimum absolute atomic E-state index is 0.125. The summed E-state index contributed by atoms with van der Waals surface area (Å²) in [6, 6.07) is 5.84. The van der Waals surface area contributed by atoms with Crippen molar-refractivity contribution in [1.29, 1.82) is 0 Å². The fraction of sp³-hybridized carbons (Fsp3) is 0.600. The molecular formula is C15H22FN3.